The summed E-state index contributed by atoms with van der Waals surface area (Å²) in [5.74, 6) is 0.942. The maximum absolute atomic E-state index is 6.10. The van der Waals surface area contributed by atoms with Gasteiger partial charge < -0.3 is 5.73 Å². The number of nitrogens with zero attached hydrogens (tertiary/aromatic N) is 1. The number of hydrogen-bond acceptors (Lipinski definition) is 2. The molecule has 0 atom stereocenters. The SMILES string of the molecule is CCC1CCC(CN)(N(C)CC(C)(C)C)CC1. The average Bonchev–Trinajstić information content (AvgIpc) is 2.27. The van der Waals surface area contributed by atoms with Crippen molar-refractivity contribution in [3.8, 4) is 0 Å². The van der Waals surface area contributed by atoms with Crippen LogP contribution in [-0.4, -0.2) is 30.6 Å². The van der Waals surface area contributed by atoms with Crippen LogP contribution < -0.4 is 5.73 Å². The molecule has 2 nitrogen and oxygen atoms in total. The smallest absolute Gasteiger partial charge is 0.0329 e. The Morgan fingerprint density at radius 2 is 1.76 bits per heavy atom. The van der Waals surface area contributed by atoms with Crippen LogP contribution in [0.3, 0.4) is 0 Å². The van der Waals surface area contributed by atoms with E-state index in [1.807, 2.05) is 0 Å². The van der Waals surface area contributed by atoms with Crippen molar-refractivity contribution in [2.75, 3.05) is 20.1 Å². The molecule has 0 aromatic heterocycles. The minimum atomic E-state index is 0.277. The maximum Gasteiger partial charge on any atom is 0.0329 e. The van der Waals surface area contributed by atoms with Gasteiger partial charge in [0.1, 0.15) is 0 Å². The van der Waals surface area contributed by atoms with Crippen molar-refractivity contribution in [2.24, 2.45) is 17.1 Å². The van der Waals surface area contributed by atoms with Gasteiger partial charge in [0.15, 0.2) is 0 Å². The van der Waals surface area contributed by atoms with Crippen molar-refractivity contribution < 1.29 is 0 Å². The molecule has 0 aliphatic heterocycles. The van der Waals surface area contributed by atoms with Gasteiger partial charge >= 0.3 is 0 Å². The van der Waals surface area contributed by atoms with Gasteiger partial charge in [0.25, 0.3) is 0 Å². The first-order chi connectivity index (χ1) is 7.83. The van der Waals surface area contributed by atoms with E-state index in [1.54, 1.807) is 0 Å². The standard InChI is InChI=1S/C15H32N2/c1-6-13-7-9-15(11-16,10-8-13)17(5)12-14(2,3)4/h13H,6-12,16H2,1-5H3. The summed E-state index contributed by atoms with van der Waals surface area (Å²) in [4.78, 5) is 2.54. The Hall–Kier alpha value is -0.0800. The third-order valence-electron chi connectivity index (χ3n) is 4.51. The van der Waals surface area contributed by atoms with Crippen LogP contribution in [0.4, 0.5) is 0 Å². The van der Waals surface area contributed by atoms with Gasteiger partial charge in [0, 0.05) is 18.6 Å². The van der Waals surface area contributed by atoms with Crippen molar-refractivity contribution >= 4 is 0 Å². The molecule has 1 aliphatic carbocycles. The molecule has 102 valence electrons. The van der Waals surface area contributed by atoms with Crippen LogP contribution in [0.2, 0.25) is 0 Å². The van der Waals surface area contributed by atoms with Crippen molar-refractivity contribution in [1.29, 1.82) is 0 Å². The number of rotatable bonds is 4. The van der Waals surface area contributed by atoms with E-state index in [0.29, 0.717) is 5.41 Å². The van der Waals surface area contributed by atoms with Gasteiger partial charge in [-0.3, -0.25) is 4.90 Å². The summed E-state index contributed by atoms with van der Waals surface area (Å²) in [6.45, 7) is 11.2. The lowest BCUT2D eigenvalue weighted by Crippen LogP contribution is -2.55. The molecule has 1 rings (SSSR count). The third-order valence-corrected chi connectivity index (χ3v) is 4.51. The molecule has 0 saturated heterocycles. The summed E-state index contributed by atoms with van der Waals surface area (Å²) >= 11 is 0. The summed E-state index contributed by atoms with van der Waals surface area (Å²) in [6.07, 6.45) is 6.64. The fourth-order valence-electron chi connectivity index (χ4n) is 3.24. The second kappa shape index (κ2) is 5.71. The highest BCUT2D eigenvalue weighted by molar-refractivity contribution is 4.95. The first-order valence-electron chi connectivity index (χ1n) is 7.24. The molecule has 0 amide bonds. The normalized spacial score (nSPS) is 30.9. The van der Waals surface area contributed by atoms with E-state index in [9.17, 15) is 0 Å². The summed E-state index contributed by atoms with van der Waals surface area (Å²) in [7, 11) is 2.27. The van der Waals surface area contributed by atoms with Gasteiger partial charge in [-0.2, -0.15) is 0 Å². The summed E-state index contributed by atoms with van der Waals surface area (Å²) in [5.41, 5.74) is 6.74. The second-order valence-corrected chi connectivity index (χ2v) is 7.20. The molecule has 1 aliphatic rings. The molecule has 0 spiro atoms. The molecular formula is C15H32N2. The molecule has 17 heavy (non-hydrogen) atoms. The van der Waals surface area contributed by atoms with Crippen molar-refractivity contribution in [3.63, 3.8) is 0 Å². The van der Waals surface area contributed by atoms with E-state index >= 15 is 0 Å². The van der Waals surface area contributed by atoms with E-state index in [2.05, 4.69) is 39.6 Å². The highest BCUT2D eigenvalue weighted by Crippen LogP contribution is 2.37. The molecule has 0 aromatic rings. The maximum atomic E-state index is 6.10. The summed E-state index contributed by atoms with van der Waals surface area (Å²) in [5, 5.41) is 0. The van der Waals surface area contributed by atoms with Crippen molar-refractivity contribution in [2.45, 2.75) is 65.3 Å². The zero-order valence-electron chi connectivity index (χ0n) is 12.6. The largest absolute Gasteiger partial charge is 0.329 e. The molecule has 1 saturated carbocycles. The van der Waals surface area contributed by atoms with Gasteiger partial charge in [0.05, 0.1) is 0 Å². The van der Waals surface area contributed by atoms with Crippen LogP contribution in [0.25, 0.3) is 0 Å². The summed E-state index contributed by atoms with van der Waals surface area (Å²) in [6, 6.07) is 0. The quantitative estimate of drug-likeness (QED) is 0.817. The molecule has 0 aromatic carbocycles. The van der Waals surface area contributed by atoms with Crippen molar-refractivity contribution in [1.82, 2.24) is 4.90 Å². The van der Waals surface area contributed by atoms with E-state index < -0.39 is 0 Å². The zero-order valence-corrected chi connectivity index (χ0v) is 12.6. The Bertz CT molecular complexity index is 222. The predicted molar refractivity (Wildman–Crippen MR) is 76.1 cm³/mol. The lowest BCUT2D eigenvalue weighted by atomic mass is 9.74. The third kappa shape index (κ3) is 3.96. The minimum Gasteiger partial charge on any atom is -0.329 e. The van der Waals surface area contributed by atoms with Crippen LogP contribution in [0.5, 0.6) is 0 Å². The number of nitrogens with two attached hydrogens (primary N) is 1. The molecule has 0 heterocycles. The fraction of sp³-hybridized carbons (Fsp3) is 1.00. The van der Waals surface area contributed by atoms with E-state index in [4.69, 9.17) is 5.73 Å². The molecule has 1 fully saturated rings. The van der Waals surface area contributed by atoms with Crippen molar-refractivity contribution in [3.05, 3.63) is 0 Å². The second-order valence-electron chi connectivity index (χ2n) is 7.20. The lowest BCUT2D eigenvalue weighted by Gasteiger charge is -2.48. The van der Waals surface area contributed by atoms with Crippen LogP contribution >= 0.6 is 0 Å². The lowest BCUT2D eigenvalue weighted by molar-refractivity contribution is 0.0393. The number of likely N-dealkylation sites (N-methyl/N-ethyl adjacent to an activating group) is 1. The van der Waals surface area contributed by atoms with Crippen LogP contribution in [-0.2, 0) is 0 Å². The first-order valence-corrected chi connectivity index (χ1v) is 7.24. The van der Waals surface area contributed by atoms with E-state index in [1.165, 1.54) is 32.1 Å². The Morgan fingerprint density at radius 3 is 2.12 bits per heavy atom. The van der Waals surface area contributed by atoms with Crippen LogP contribution in [0, 0.1) is 11.3 Å². The molecule has 2 heteroatoms. The Balaban J connectivity index is 2.63. The minimum absolute atomic E-state index is 0.277. The molecule has 0 radical (unpaired) electrons. The molecule has 0 unspecified atom stereocenters. The highest BCUT2D eigenvalue weighted by atomic mass is 15.2. The number of hydrogen-bond donors (Lipinski definition) is 1. The molecular weight excluding hydrogens is 208 g/mol. The first kappa shape index (κ1) is 15.0. The van der Waals surface area contributed by atoms with Gasteiger partial charge in [-0.15, -0.1) is 0 Å². The monoisotopic (exact) mass is 240 g/mol. The van der Waals surface area contributed by atoms with Gasteiger partial charge in [0.2, 0.25) is 0 Å². The topological polar surface area (TPSA) is 29.3 Å². The Kier molecular flexibility index (Phi) is 5.03. The Morgan fingerprint density at radius 1 is 1.24 bits per heavy atom. The van der Waals surface area contributed by atoms with E-state index in [0.717, 1.165) is 19.0 Å². The van der Waals surface area contributed by atoms with Gasteiger partial charge in [-0.25, -0.2) is 0 Å². The molecule has 0 bridgehead atoms. The predicted octanol–water partition coefficient (Wildman–Crippen LogP) is 3.26. The summed E-state index contributed by atoms with van der Waals surface area (Å²) < 4.78 is 0. The fourth-order valence-corrected chi connectivity index (χ4v) is 3.24. The highest BCUT2D eigenvalue weighted by Gasteiger charge is 2.38. The van der Waals surface area contributed by atoms with Crippen LogP contribution in [0.15, 0.2) is 0 Å². The van der Waals surface area contributed by atoms with E-state index in [-0.39, 0.29) is 5.54 Å². The zero-order chi connectivity index (χ0) is 13.1. The van der Waals surface area contributed by atoms with Gasteiger partial charge in [-0.05, 0) is 44.1 Å². The van der Waals surface area contributed by atoms with Gasteiger partial charge in [-0.1, -0.05) is 34.1 Å². The Labute approximate surface area is 108 Å². The van der Waals surface area contributed by atoms with Crippen LogP contribution in [0.1, 0.15) is 59.8 Å². The average molecular weight is 240 g/mol. The molecule has 2 N–H and O–H groups in total.